The number of carboxylic acid groups (broad SMARTS) is 1. The van der Waals surface area contributed by atoms with Gasteiger partial charge in [-0.15, -0.1) is 0 Å². The number of carbonyl (C=O) groups is 1. The maximum Gasteiger partial charge on any atom is 0.360 e. The summed E-state index contributed by atoms with van der Waals surface area (Å²) in [5, 5.41) is 12.7. The van der Waals surface area contributed by atoms with E-state index in [1.165, 1.54) is 16.8 Å². The van der Waals surface area contributed by atoms with Gasteiger partial charge in [-0.05, 0) is 24.3 Å². The van der Waals surface area contributed by atoms with Crippen LogP contribution in [0.2, 0.25) is 0 Å². The fraction of sp³-hybridized carbons (Fsp3) is 0. The lowest BCUT2D eigenvalue weighted by Gasteiger charge is -2.11. The first-order valence-corrected chi connectivity index (χ1v) is 6.10. The maximum atomic E-state index is 14.0. The zero-order chi connectivity index (χ0) is 15.0. The van der Waals surface area contributed by atoms with Crippen molar-refractivity contribution in [3.63, 3.8) is 0 Å². The van der Waals surface area contributed by atoms with Crippen LogP contribution in [-0.4, -0.2) is 20.9 Å². The Morgan fingerprint density at radius 1 is 1.10 bits per heavy atom. The lowest BCUT2D eigenvalue weighted by atomic mass is 10.1. The Hall–Kier alpha value is -3.02. The van der Waals surface area contributed by atoms with Gasteiger partial charge in [0, 0.05) is 0 Å². The van der Waals surface area contributed by atoms with Gasteiger partial charge in [-0.3, -0.25) is 4.79 Å². The average Bonchev–Trinajstić information content (AvgIpc) is 2.48. The normalized spacial score (nSPS) is 10.7. The molecular weight excluding hydrogens is 275 g/mol. The van der Waals surface area contributed by atoms with Crippen LogP contribution in [0.1, 0.15) is 10.5 Å². The van der Waals surface area contributed by atoms with Gasteiger partial charge in [-0.25, -0.2) is 13.9 Å². The van der Waals surface area contributed by atoms with Crippen LogP contribution in [0.4, 0.5) is 4.39 Å². The van der Waals surface area contributed by atoms with Gasteiger partial charge in [0.1, 0.15) is 5.82 Å². The van der Waals surface area contributed by atoms with Crippen molar-refractivity contribution in [3.8, 4) is 5.69 Å². The molecule has 0 fully saturated rings. The van der Waals surface area contributed by atoms with E-state index in [-0.39, 0.29) is 10.9 Å². The molecule has 0 atom stereocenters. The molecule has 104 valence electrons. The Bertz CT molecular complexity index is 904. The monoisotopic (exact) mass is 284 g/mol. The van der Waals surface area contributed by atoms with Crippen molar-refractivity contribution in [2.75, 3.05) is 0 Å². The number of aromatic carboxylic acids is 1. The standard InChI is InChI=1S/C15H9FN2O3/c16-10-7-4-8-11-12(10)14(19)13(15(20)21)17-18(11)9-5-2-1-3-6-9/h1-8H,(H,20,21). The van der Waals surface area contributed by atoms with E-state index in [4.69, 9.17) is 5.11 Å². The number of halogens is 1. The summed E-state index contributed by atoms with van der Waals surface area (Å²) < 4.78 is 15.2. The Labute approximate surface area is 117 Å². The van der Waals surface area contributed by atoms with E-state index in [2.05, 4.69) is 5.10 Å². The highest BCUT2D eigenvalue weighted by atomic mass is 19.1. The Kier molecular flexibility index (Phi) is 2.98. The van der Waals surface area contributed by atoms with Crippen LogP contribution in [-0.2, 0) is 0 Å². The summed E-state index contributed by atoms with van der Waals surface area (Å²) in [5.74, 6) is -2.26. The van der Waals surface area contributed by atoms with Crippen LogP contribution in [0.5, 0.6) is 0 Å². The highest BCUT2D eigenvalue weighted by Crippen LogP contribution is 2.17. The van der Waals surface area contributed by atoms with E-state index < -0.39 is 22.9 Å². The van der Waals surface area contributed by atoms with Crippen LogP contribution in [0, 0.1) is 5.82 Å². The summed E-state index contributed by atoms with van der Waals surface area (Å²) in [4.78, 5) is 23.2. The zero-order valence-corrected chi connectivity index (χ0v) is 10.7. The molecule has 0 saturated heterocycles. The van der Waals surface area contributed by atoms with E-state index >= 15 is 0 Å². The first kappa shape index (κ1) is 13.0. The molecule has 1 N–H and O–H groups in total. The third-order valence-corrected chi connectivity index (χ3v) is 3.07. The molecule has 0 saturated carbocycles. The number of nitrogens with zero attached hydrogens (tertiary/aromatic N) is 2. The molecule has 0 aliphatic heterocycles. The molecule has 3 rings (SSSR count). The van der Waals surface area contributed by atoms with Crippen LogP contribution in [0.25, 0.3) is 16.6 Å². The fourth-order valence-corrected chi connectivity index (χ4v) is 2.14. The van der Waals surface area contributed by atoms with E-state index in [1.807, 2.05) is 0 Å². The van der Waals surface area contributed by atoms with Gasteiger partial charge in [0.15, 0.2) is 0 Å². The van der Waals surface area contributed by atoms with Crippen molar-refractivity contribution in [3.05, 3.63) is 70.3 Å². The van der Waals surface area contributed by atoms with Crippen molar-refractivity contribution >= 4 is 16.9 Å². The summed E-state index contributed by atoms with van der Waals surface area (Å²) in [5.41, 5.74) is -0.883. The number of aromatic nitrogens is 2. The van der Waals surface area contributed by atoms with Gasteiger partial charge in [0.05, 0.1) is 16.6 Å². The van der Waals surface area contributed by atoms with E-state index in [0.717, 1.165) is 6.07 Å². The molecule has 0 bridgehead atoms. The first-order valence-electron chi connectivity index (χ1n) is 6.10. The molecule has 0 spiro atoms. The van der Waals surface area contributed by atoms with Crippen molar-refractivity contribution < 1.29 is 14.3 Å². The summed E-state index contributed by atoms with van der Waals surface area (Å²) in [7, 11) is 0. The van der Waals surface area contributed by atoms with Gasteiger partial charge in [0.2, 0.25) is 11.1 Å². The first-order chi connectivity index (χ1) is 10.1. The molecule has 1 heterocycles. The van der Waals surface area contributed by atoms with Crippen molar-refractivity contribution in [2.45, 2.75) is 0 Å². The second-order valence-electron chi connectivity index (χ2n) is 4.36. The molecule has 0 radical (unpaired) electrons. The highest BCUT2D eigenvalue weighted by molar-refractivity contribution is 5.91. The van der Waals surface area contributed by atoms with Gasteiger partial charge in [-0.1, -0.05) is 24.3 Å². The zero-order valence-electron chi connectivity index (χ0n) is 10.7. The minimum Gasteiger partial charge on any atom is -0.476 e. The predicted molar refractivity (Wildman–Crippen MR) is 74.3 cm³/mol. The number of carboxylic acids is 1. The number of para-hydroxylation sites is 1. The Morgan fingerprint density at radius 2 is 1.81 bits per heavy atom. The molecule has 0 aliphatic rings. The van der Waals surface area contributed by atoms with E-state index in [1.54, 1.807) is 30.3 Å². The lowest BCUT2D eigenvalue weighted by molar-refractivity contribution is 0.0687. The third-order valence-electron chi connectivity index (χ3n) is 3.07. The van der Waals surface area contributed by atoms with Gasteiger partial charge in [0.25, 0.3) is 0 Å². The molecular formula is C15H9FN2O3. The highest BCUT2D eigenvalue weighted by Gasteiger charge is 2.19. The minimum absolute atomic E-state index is 0.219. The molecule has 2 aromatic carbocycles. The second kappa shape index (κ2) is 4.82. The molecule has 6 heteroatoms. The molecule has 3 aromatic rings. The number of hydrogen-bond donors (Lipinski definition) is 1. The summed E-state index contributed by atoms with van der Waals surface area (Å²) >= 11 is 0. The average molecular weight is 284 g/mol. The van der Waals surface area contributed by atoms with E-state index in [9.17, 15) is 14.0 Å². The number of benzene rings is 2. The van der Waals surface area contributed by atoms with Crippen LogP contribution < -0.4 is 5.43 Å². The van der Waals surface area contributed by atoms with Crippen LogP contribution in [0.3, 0.4) is 0 Å². The van der Waals surface area contributed by atoms with Gasteiger partial charge < -0.3 is 5.11 Å². The SMILES string of the molecule is O=C(O)c1nn(-c2ccccc2)c2cccc(F)c2c1=O. The second-order valence-corrected chi connectivity index (χ2v) is 4.36. The topological polar surface area (TPSA) is 72.2 Å². The number of hydrogen-bond acceptors (Lipinski definition) is 3. The van der Waals surface area contributed by atoms with Crippen molar-refractivity contribution in [1.29, 1.82) is 0 Å². The van der Waals surface area contributed by atoms with Crippen LogP contribution in [0.15, 0.2) is 53.3 Å². The minimum atomic E-state index is -1.49. The van der Waals surface area contributed by atoms with E-state index in [0.29, 0.717) is 5.69 Å². The summed E-state index contributed by atoms with van der Waals surface area (Å²) in [6, 6.07) is 12.7. The third kappa shape index (κ3) is 2.06. The molecule has 0 aliphatic carbocycles. The molecule has 5 nitrogen and oxygen atoms in total. The lowest BCUT2D eigenvalue weighted by Crippen LogP contribution is -2.23. The van der Waals surface area contributed by atoms with Gasteiger partial charge in [-0.2, -0.15) is 5.10 Å². The van der Waals surface area contributed by atoms with Crippen LogP contribution >= 0.6 is 0 Å². The van der Waals surface area contributed by atoms with Crippen molar-refractivity contribution in [1.82, 2.24) is 9.78 Å². The number of fused-ring (bicyclic) bond motifs is 1. The Balaban J connectivity index is 2.50. The van der Waals surface area contributed by atoms with Gasteiger partial charge >= 0.3 is 5.97 Å². The molecule has 21 heavy (non-hydrogen) atoms. The quantitative estimate of drug-likeness (QED) is 0.783. The molecule has 1 aromatic heterocycles. The molecule has 0 amide bonds. The van der Waals surface area contributed by atoms with Crippen molar-refractivity contribution in [2.24, 2.45) is 0 Å². The molecule has 0 unspecified atom stereocenters. The number of rotatable bonds is 2. The Morgan fingerprint density at radius 3 is 2.48 bits per heavy atom. The largest absolute Gasteiger partial charge is 0.476 e. The summed E-state index contributed by atoms with van der Waals surface area (Å²) in [6.45, 7) is 0. The maximum absolute atomic E-state index is 14.0. The smallest absolute Gasteiger partial charge is 0.360 e. The predicted octanol–water partition coefficient (Wildman–Crippen LogP) is 2.22. The summed E-state index contributed by atoms with van der Waals surface area (Å²) in [6.07, 6.45) is 0. The fourth-order valence-electron chi connectivity index (χ4n) is 2.14.